The summed E-state index contributed by atoms with van der Waals surface area (Å²) in [5.74, 6) is 1.66. The predicted molar refractivity (Wildman–Crippen MR) is 75.9 cm³/mol. The van der Waals surface area contributed by atoms with Gasteiger partial charge in [0.15, 0.2) is 0 Å². The zero-order valence-corrected chi connectivity index (χ0v) is 11.4. The summed E-state index contributed by atoms with van der Waals surface area (Å²) in [6, 6.07) is 8.51. The van der Waals surface area contributed by atoms with Gasteiger partial charge >= 0.3 is 0 Å². The van der Waals surface area contributed by atoms with Gasteiger partial charge in [-0.25, -0.2) is 4.98 Å². The van der Waals surface area contributed by atoms with Crippen molar-refractivity contribution in [3.05, 3.63) is 48.0 Å². The first-order chi connectivity index (χ1) is 8.68. The molecule has 0 fully saturated rings. The third-order valence-electron chi connectivity index (χ3n) is 3.17. The second-order valence-electron chi connectivity index (χ2n) is 4.87. The highest BCUT2D eigenvalue weighted by molar-refractivity contribution is 5.52. The van der Waals surface area contributed by atoms with Crippen LogP contribution < -0.4 is 5.32 Å². The minimum Gasteiger partial charge on any atom is -0.384 e. The maximum Gasteiger partial charge on any atom is 0.110 e. The molecule has 18 heavy (non-hydrogen) atoms. The Labute approximate surface area is 109 Å². The molecule has 0 radical (unpaired) electrons. The molecule has 0 aliphatic rings. The molecule has 0 aliphatic heterocycles. The van der Waals surface area contributed by atoms with Crippen LogP contribution in [0.15, 0.2) is 36.7 Å². The molecule has 0 unspecified atom stereocenters. The van der Waals surface area contributed by atoms with Crippen LogP contribution in [0.1, 0.15) is 31.2 Å². The standard InChI is InChI=1S/C15H21N3/c1-12(2)13-6-4-5-7-14(13)16-9-8-15-17-10-11-18(15)3/h4-7,10-12,16H,8-9H2,1-3H3. The van der Waals surface area contributed by atoms with E-state index < -0.39 is 0 Å². The first kappa shape index (κ1) is 12.7. The summed E-state index contributed by atoms with van der Waals surface area (Å²) in [5.41, 5.74) is 2.61. The van der Waals surface area contributed by atoms with E-state index in [1.807, 2.05) is 19.4 Å². The summed E-state index contributed by atoms with van der Waals surface area (Å²) in [6.07, 6.45) is 4.77. The number of hydrogen-bond acceptors (Lipinski definition) is 2. The normalized spacial score (nSPS) is 10.9. The fraction of sp³-hybridized carbons (Fsp3) is 0.400. The van der Waals surface area contributed by atoms with Crippen LogP contribution in [-0.4, -0.2) is 16.1 Å². The lowest BCUT2D eigenvalue weighted by Gasteiger charge is -2.14. The van der Waals surface area contributed by atoms with E-state index in [1.165, 1.54) is 11.3 Å². The lowest BCUT2D eigenvalue weighted by atomic mass is 10.0. The number of aryl methyl sites for hydroxylation is 1. The first-order valence-electron chi connectivity index (χ1n) is 6.47. The second-order valence-corrected chi connectivity index (χ2v) is 4.87. The summed E-state index contributed by atoms with van der Waals surface area (Å²) in [4.78, 5) is 4.33. The van der Waals surface area contributed by atoms with Gasteiger partial charge in [0.25, 0.3) is 0 Å². The van der Waals surface area contributed by atoms with Crippen molar-refractivity contribution in [1.82, 2.24) is 9.55 Å². The van der Waals surface area contributed by atoms with Crippen LogP contribution in [0.5, 0.6) is 0 Å². The van der Waals surface area contributed by atoms with Crippen LogP contribution in [0.2, 0.25) is 0 Å². The molecule has 0 saturated carbocycles. The van der Waals surface area contributed by atoms with Crippen LogP contribution in [-0.2, 0) is 13.5 Å². The van der Waals surface area contributed by atoms with Gasteiger partial charge in [-0.05, 0) is 17.5 Å². The van der Waals surface area contributed by atoms with Gasteiger partial charge in [-0.3, -0.25) is 0 Å². The molecule has 0 atom stereocenters. The van der Waals surface area contributed by atoms with Crippen molar-refractivity contribution < 1.29 is 0 Å². The highest BCUT2D eigenvalue weighted by Gasteiger charge is 2.05. The van der Waals surface area contributed by atoms with Gasteiger partial charge in [-0.2, -0.15) is 0 Å². The summed E-state index contributed by atoms with van der Waals surface area (Å²) in [7, 11) is 2.03. The highest BCUT2D eigenvalue weighted by atomic mass is 15.0. The van der Waals surface area contributed by atoms with Crippen molar-refractivity contribution in [2.45, 2.75) is 26.2 Å². The van der Waals surface area contributed by atoms with Crippen molar-refractivity contribution in [2.75, 3.05) is 11.9 Å². The van der Waals surface area contributed by atoms with E-state index in [-0.39, 0.29) is 0 Å². The van der Waals surface area contributed by atoms with E-state index in [2.05, 4.69) is 53.0 Å². The predicted octanol–water partition coefficient (Wildman–Crippen LogP) is 3.20. The number of rotatable bonds is 5. The molecule has 1 heterocycles. The third kappa shape index (κ3) is 2.92. The number of benzene rings is 1. The third-order valence-corrected chi connectivity index (χ3v) is 3.17. The Bertz CT molecular complexity index is 500. The zero-order valence-electron chi connectivity index (χ0n) is 11.4. The molecule has 2 aromatic rings. The number of imidazole rings is 1. The van der Waals surface area contributed by atoms with E-state index in [1.54, 1.807) is 0 Å². The molecule has 1 aromatic heterocycles. The average Bonchev–Trinajstić information content (AvgIpc) is 2.76. The lowest BCUT2D eigenvalue weighted by molar-refractivity contribution is 0.787. The number of aromatic nitrogens is 2. The van der Waals surface area contributed by atoms with Gasteiger partial charge < -0.3 is 9.88 Å². The summed E-state index contributed by atoms with van der Waals surface area (Å²) < 4.78 is 2.07. The Morgan fingerprint density at radius 1 is 1.28 bits per heavy atom. The molecule has 0 spiro atoms. The number of para-hydroxylation sites is 1. The Kier molecular flexibility index (Phi) is 4.03. The molecule has 0 bridgehead atoms. The van der Waals surface area contributed by atoms with Crippen molar-refractivity contribution in [3.63, 3.8) is 0 Å². The first-order valence-corrected chi connectivity index (χ1v) is 6.47. The van der Waals surface area contributed by atoms with Crippen molar-refractivity contribution >= 4 is 5.69 Å². The van der Waals surface area contributed by atoms with E-state index in [0.29, 0.717) is 5.92 Å². The Balaban J connectivity index is 1.96. The summed E-state index contributed by atoms with van der Waals surface area (Å²) in [5, 5.41) is 3.51. The number of anilines is 1. The molecule has 1 aromatic carbocycles. The average molecular weight is 243 g/mol. The maximum atomic E-state index is 4.33. The SMILES string of the molecule is CC(C)c1ccccc1NCCc1nccn1C. The fourth-order valence-corrected chi connectivity index (χ4v) is 2.11. The van der Waals surface area contributed by atoms with Crippen LogP contribution in [0.25, 0.3) is 0 Å². The molecule has 3 nitrogen and oxygen atoms in total. The van der Waals surface area contributed by atoms with Crippen LogP contribution in [0.3, 0.4) is 0 Å². The van der Waals surface area contributed by atoms with E-state index in [9.17, 15) is 0 Å². The fourth-order valence-electron chi connectivity index (χ4n) is 2.11. The van der Waals surface area contributed by atoms with Gasteiger partial charge in [0.05, 0.1) is 0 Å². The van der Waals surface area contributed by atoms with Crippen molar-refractivity contribution in [2.24, 2.45) is 7.05 Å². The quantitative estimate of drug-likeness (QED) is 0.874. The molecule has 0 amide bonds. The van der Waals surface area contributed by atoms with Crippen LogP contribution >= 0.6 is 0 Å². The smallest absolute Gasteiger partial charge is 0.110 e. The minimum absolute atomic E-state index is 0.543. The number of nitrogens with one attached hydrogen (secondary N) is 1. The maximum absolute atomic E-state index is 4.33. The van der Waals surface area contributed by atoms with E-state index >= 15 is 0 Å². The van der Waals surface area contributed by atoms with E-state index in [4.69, 9.17) is 0 Å². The van der Waals surface area contributed by atoms with Gasteiger partial charge in [-0.15, -0.1) is 0 Å². The van der Waals surface area contributed by atoms with Gasteiger partial charge in [0.1, 0.15) is 5.82 Å². The zero-order chi connectivity index (χ0) is 13.0. The summed E-state index contributed by atoms with van der Waals surface area (Å²) in [6.45, 7) is 5.35. The molecule has 0 aliphatic carbocycles. The number of nitrogens with zero attached hydrogens (tertiary/aromatic N) is 2. The van der Waals surface area contributed by atoms with Crippen LogP contribution in [0, 0.1) is 0 Å². The molecule has 96 valence electrons. The second kappa shape index (κ2) is 5.71. The van der Waals surface area contributed by atoms with Gasteiger partial charge in [0.2, 0.25) is 0 Å². The minimum atomic E-state index is 0.543. The molecular weight excluding hydrogens is 222 g/mol. The Morgan fingerprint density at radius 3 is 2.72 bits per heavy atom. The van der Waals surface area contributed by atoms with Crippen molar-refractivity contribution in [3.8, 4) is 0 Å². The topological polar surface area (TPSA) is 29.9 Å². The molecule has 2 rings (SSSR count). The van der Waals surface area contributed by atoms with E-state index in [0.717, 1.165) is 18.8 Å². The highest BCUT2D eigenvalue weighted by Crippen LogP contribution is 2.23. The summed E-state index contributed by atoms with van der Waals surface area (Å²) >= 11 is 0. The Hall–Kier alpha value is -1.77. The molecule has 3 heteroatoms. The lowest BCUT2D eigenvalue weighted by Crippen LogP contribution is -2.10. The largest absolute Gasteiger partial charge is 0.384 e. The van der Waals surface area contributed by atoms with Gasteiger partial charge in [-0.1, -0.05) is 32.0 Å². The monoisotopic (exact) mass is 243 g/mol. The molecule has 0 saturated heterocycles. The van der Waals surface area contributed by atoms with Crippen LogP contribution in [0.4, 0.5) is 5.69 Å². The molecular formula is C15H21N3. The Morgan fingerprint density at radius 2 is 2.06 bits per heavy atom. The molecule has 1 N–H and O–H groups in total. The number of hydrogen-bond donors (Lipinski definition) is 1. The van der Waals surface area contributed by atoms with Crippen molar-refractivity contribution in [1.29, 1.82) is 0 Å². The van der Waals surface area contributed by atoms with Gasteiger partial charge in [0, 0.05) is 38.1 Å².